The second-order valence-electron chi connectivity index (χ2n) is 4.10. The van der Waals surface area contributed by atoms with Crippen molar-refractivity contribution in [3.8, 4) is 0 Å². The van der Waals surface area contributed by atoms with Crippen molar-refractivity contribution in [3.63, 3.8) is 0 Å². The molecule has 4 heteroatoms. The van der Waals surface area contributed by atoms with Crippen LogP contribution in [0.25, 0.3) is 0 Å². The molecule has 1 aromatic carbocycles. The monoisotopic (exact) mass is 208 g/mol. The van der Waals surface area contributed by atoms with Gasteiger partial charge in [0.05, 0.1) is 23.6 Å². The fourth-order valence-corrected chi connectivity index (χ4v) is 1.89. The van der Waals surface area contributed by atoms with Gasteiger partial charge in [-0.2, -0.15) is 0 Å². The fraction of sp³-hybridized carbons (Fsp3) is 0.455. The Morgan fingerprint density at radius 1 is 1.27 bits per heavy atom. The first-order chi connectivity index (χ1) is 7.08. The summed E-state index contributed by atoms with van der Waals surface area (Å²) in [5, 5.41) is 18.9. The molecule has 0 radical (unpaired) electrons. The van der Waals surface area contributed by atoms with E-state index in [9.17, 15) is 10.2 Å². The second kappa shape index (κ2) is 3.72. The third-order valence-corrected chi connectivity index (χ3v) is 2.79. The van der Waals surface area contributed by atoms with Gasteiger partial charge in [-0.3, -0.25) is 0 Å². The highest BCUT2D eigenvalue weighted by Crippen LogP contribution is 2.27. The SMILES string of the molecule is Cc1ccc(N)c(N2CC(O)C(O)C2)c1. The summed E-state index contributed by atoms with van der Waals surface area (Å²) in [5.74, 6) is 0. The van der Waals surface area contributed by atoms with Crippen LogP contribution in [0.4, 0.5) is 11.4 Å². The highest BCUT2D eigenvalue weighted by Gasteiger charge is 2.30. The summed E-state index contributed by atoms with van der Waals surface area (Å²) in [5.41, 5.74) is 8.55. The lowest BCUT2D eigenvalue weighted by Crippen LogP contribution is -2.22. The Morgan fingerprint density at radius 3 is 2.47 bits per heavy atom. The summed E-state index contributed by atoms with van der Waals surface area (Å²) < 4.78 is 0. The highest BCUT2D eigenvalue weighted by molar-refractivity contribution is 5.69. The molecule has 2 unspecified atom stereocenters. The number of hydrogen-bond acceptors (Lipinski definition) is 4. The molecule has 1 aliphatic heterocycles. The summed E-state index contributed by atoms with van der Waals surface area (Å²) >= 11 is 0. The molecule has 1 aromatic rings. The van der Waals surface area contributed by atoms with Gasteiger partial charge in [0, 0.05) is 13.1 Å². The lowest BCUT2D eigenvalue weighted by molar-refractivity contribution is 0.0572. The molecule has 82 valence electrons. The minimum Gasteiger partial charge on any atom is -0.397 e. The molecule has 1 heterocycles. The zero-order valence-corrected chi connectivity index (χ0v) is 8.72. The van der Waals surface area contributed by atoms with Gasteiger partial charge in [-0.15, -0.1) is 0 Å². The molecule has 4 nitrogen and oxygen atoms in total. The van der Waals surface area contributed by atoms with E-state index < -0.39 is 12.2 Å². The first-order valence-electron chi connectivity index (χ1n) is 5.05. The highest BCUT2D eigenvalue weighted by atomic mass is 16.3. The van der Waals surface area contributed by atoms with Gasteiger partial charge < -0.3 is 20.8 Å². The van der Waals surface area contributed by atoms with Crippen molar-refractivity contribution in [1.82, 2.24) is 0 Å². The van der Waals surface area contributed by atoms with E-state index in [1.54, 1.807) is 0 Å². The molecule has 0 aliphatic carbocycles. The van der Waals surface area contributed by atoms with Gasteiger partial charge in [0.25, 0.3) is 0 Å². The quantitative estimate of drug-likeness (QED) is 0.573. The third-order valence-electron chi connectivity index (χ3n) is 2.79. The van der Waals surface area contributed by atoms with Crippen LogP contribution in [0.5, 0.6) is 0 Å². The van der Waals surface area contributed by atoms with Crippen molar-refractivity contribution < 1.29 is 10.2 Å². The van der Waals surface area contributed by atoms with E-state index in [2.05, 4.69) is 0 Å². The van der Waals surface area contributed by atoms with E-state index >= 15 is 0 Å². The predicted octanol–water partition coefficient (Wildman–Crippen LogP) is 0.119. The Balaban J connectivity index is 2.27. The number of nitrogens with zero attached hydrogens (tertiary/aromatic N) is 1. The number of nitrogen functional groups attached to an aromatic ring is 1. The molecule has 4 N–H and O–H groups in total. The van der Waals surface area contributed by atoms with E-state index in [0.717, 1.165) is 11.3 Å². The topological polar surface area (TPSA) is 69.7 Å². The number of aryl methyl sites for hydroxylation is 1. The first-order valence-corrected chi connectivity index (χ1v) is 5.05. The average molecular weight is 208 g/mol. The molecular formula is C11H16N2O2. The van der Waals surface area contributed by atoms with Crippen molar-refractivity contribution in [2.24, 2.45) is 0 Å². The Labute approximate surface area is 88.9 Å². The summed E-state index contributed by atoms with van der Waals surface area (Å²) in [6, 6.07) is 5.77. The number of anilines is 2. The van der Waals surface area contributed by atoms with Crippen molar-refractivity contribution >= 4 is 11.4 Å². The maximum Gasteiger partial charge on any atom is 0.0990 e. The third kappa shape index (κ3) is 1.91. The van der Waals surface area contributed by atoms with Gasteiger partial charge in [0.1, 0.15) is 0 Å². The van der Waals surface area contributed by atoms with E-state index in [0.29, 0.717) is 18.8 Å². The van der Waals surface area contributed by atoms with Gasteiger partial charge in [0.2, 0.25) is 0 Å². The van der Waals surface area contributed by atoms with Crippen LogP contribution < -0.4 is 10.6 Å². The lowest BCUT2D eigenvalue weighted by atomic mass is 10.2. The molecule has 0 spiro atoms. The average Bonchev–Trinajstić information content (AvgIpc) is 2.51. The number of rotatable bonds is 1. The molecule has 0 bridgehead atoms. The normalized spacial score (nSPS) is 25.9. The maximum absolute atomic E-state index is 9.46. The van der Waals surface area contributed by atoms with Crippen LogP contribution in [-0.2, 0) is 0 Å². The van der Waals surface area contributed by atoms with Crippen LogP contribution >= 0.6 is 0 Å². The maximum atomic E-state index is 9.46. The molecule has 0 saturated carbocycles. The second-order valence-corrected chi connectivity index (χ2v) is 4.10. The summed E-state index contributed by atoms with van der Waals surface area (Å²) in [6.45, 7) is 2.87. The van der Waals surface area contributed by atoms with Crippen molar-refractivity contribution in [2.45, 2.75) is 19.1 Å². The molecular weight excluding hydrogens is 192 g/mol. The minimum absolute atomic E-state index is 0.439. The van der Waals surface area contributed by atoms with Crippen LogP contribution in [0.1, 0.15) is 5.56 Å². The number of nitrogens with two attached hydrogens (primary N) is 1. The largest absolute Gasteiger partial charge is 0.397 e. The van der Waals surface area contributed by atoms with Crippen LogP contribution in [-0.4, -0.2) is 35.5 Å². The molecule has 1 fully saturated rings. The number of aliphatic hydroxyl groups excluding tert-OH is 2. The van der Waals surface area contributed by atoms with Crippen LogP contribution in [0, 0.1) is 6.92 Å². The molecule has 0 amide bonds. The van der Waals surface area contributed by atoms with Crippen molar-refractivity contribution in [1.29, 1.82) is 0 Å². The van der Waals surface area contributed by atoms with Crippen LogP contribution in [0.2, 0.25) is 0 Å². The predicted molar refractivity (Wildman–Crippen MR) is 59.8 cm³/mol. The Bertz CT molecular complexity index is 358. The number of β-amino-alcohol motifs (C(OH)–C–C–N with tert-alkyl or cyclic N) is 2. The standard InChI is InChI=1S/C11H16N2O2/c1-7-2-3-8(12)9(4-7)13-5-10(14)11(15)6-13/h2-4,10-11,14-15H,5-6,12H2,1H3. The number of hydrogen-bond donors (Lipinski definition) is 3. The zero-order chi connectivity index (χ0) is 11.0. The number of benzene rings is 1. The Hall–Kier alpha value is -1.26. The molecule has 1 saturated heterocycles. The van der Waals surface area contributed by atoms with E-state index in [1.165, 1.54) is 0 Å². The van der Waals surface area contributed by atoms with Gasteiger partial charge in [-0.25, -0.2) is 0 Å². The summed E-state index contributed by atoms with van der Waals surface area (Å²) in [4.78, 5) is 1.91. The smallest absolute Gasteiger partial charge is 0.0990 e. The summed E-state index contributed by atoms with van der Waals surface area (Å²) in [6.07, 6.45) is -1.35. The number of aliphatic hydroxyl groups is 2. The van der Waals surface area contributed by atoms with Crippen LogP contribution in [0.15, 0.2) is 18.2 Å². The Morgan fingerprint density at radius 2 is 1.87 bits per heavy atom. The molecule has 15 heavy (non-hydrogen) atoms. The zero-order valence-electron chi connectivity index (χ0n) is 8.72. The van der Waals surface area contributed by atoms with Crippen molar-refractivity contribution in [2.75, 3.05) is 23.7 Å². The Kier molecular flexibility index (Phi) is 2.54. The first kappa shape index (κ1) is 10.3. The van der Waals surface area contributed by atoms with Crippen molar-refractivity contribution in [3.05, 3.63) is 23.8 Å². The van der Waals surface area contributed by atoms with E-state index in [4.69, 9.17) is 5.73 Å². The fourth-order valence-electron chi connectivity index (χ4n) is 1.89. The summed E-state index contributed by atoms with van der Waals surface area (Å²) in [7, 11) is 0. The minimum atomic E-state index is -0.676. The van der Waals surface area contributed by atoms with Gasteiger partial charge in [-0.1, -0.05) is 6.07 Å². The molecule has 2 atom stereocenters. The molecule has 1 aliphatic rings. The van der Waals surface area contributed by atoms with E-state index in [-0.39, 0.29) is 0 Å². The molecule has 2 rings (SSSR count). The van der Waals surface area contributed by atoms with Gasteiger partial charge in [-0.05, 0) is 24.6 Å². The molecule has 0 aromatic heterocycles. The van der Waals surface area contributed by atoms with Gasteiger partial charge >= 0.3 is 0 Å². The van der Waals surface area contributed by atoms with Crippen LogP contribution in [0.3, 0.4) is 0 Å². The van der Waals surface area contributed by atoms with E-state index in [1.807, 2.05) is 30.0 Å². The lowest BCUT2D eigenvalue weighted by Gasteiger charge is -2.20. The van der Waals surface area contributed by atoms with Gasteiger partial charge in [0.15, 0.2) is 0 Å².